The molecule has 0 spiro atoms. The van der Waals surface area contributed by atoms with Crippen LogP contribution in [0, 0.1) is 11.8 Å². The smallest absolute Gasteiger partial charge is 0.0293 e. The van der Waals surface area contributed by atoms with E-state index in [1.54, 1.807) is 0 Å². The van der Waals surface area contributed by atoms with Crippen molar-refractivity contribution in [3.8, 4) is 0 Å². The molecule has 0 aromatic rings. The van der Waals surface area contributed by atoms with Crippen molar-refractivity contribution in [1.82, 2.24) is 0 Å². The lowest BCUT2D eigenvalue weighted by atomic mass is 9.88. The molecule has 0 aromatic carbocycles. The second kappa shape index (κ2) is 6.00. The quantitative estimate of drug-likeness (QED) is 0.557. The summed E-state index contributed by atoms with van der Waals surface area (Å²) in [6.07, 6.45) is 4.11. The van der Waals surface area contributed by atoms with Gasteiger partial charge < -0.3 is 0 Å². The maximum atomic E-state index is 2.88. The Balaban J connectivity index is 3.52. The van der Waals surface area contributed by atoms with E-state index in [1.807, 2.05) is 0 Å². The SMILES string of the molecule is CCC(CC[C@@H](C)P)C(C)C. The van der Waals surface area contributed by atoms with Crippen LogP contribution in [0.15, 0.2) is 0 Å². The van der Waals surface area contributed by atoms with Crippen LogP contribution < -0.4 is 0 Å². The summed E-state index contributed by atoms with van der Waals surface area (Å²) in [5.74, 6) is 1.81. The van der Waals surface area contributed by atoms with Crippen molar-refractivity contribution >= 4 is 9.24 Å². The van der Waals surface area contributed by atoms with Gasteiger partial charge in [0.05, 0.1) is 0 Å². The summed E-state index contributed by atoms with van der Waals surface area (Å²) in [4.78, 5) is 0. The monoisotopic (exact) mass is 174 g/mol. The predicted octanol–water partition coefficient (Wildman–Crippen LogP) is 3.71. The zero-order valence-electron chi connectivity index (χ0n) is 8.43. The van der Waals surface area contributed by atoms with Gasteiger partial charge >= 0.3 is 0 Å². The summed E-state index contributed by atoms with van der Waals surface area (Å²) >= 11 is 0. The maximum absolute atomic E-state index is 2.88. The lowest BCUT2D eigenvalue weighted by Gasteiger charge is -2.19. The van der Waals surface area contributed by atoms with Crippen LogP contribution in [0.4, 0.5) is 0 Å². The van der Waals surface area contributed by atoms with Gasteiger partial charge in [0, 0.05) is 0 Å². The molecule has 1 heteroatoms. The molecule has 0 radical (unpaired) electrons. The molecule has 0 N–H and O–H groups in total. The highest BCUT2D eigenvalue weighted by atomic mass is 31.0. The molecule has 11 heavy (non-hydrogen) atoms. The number of rotatable bonds is 5. The molecule has 0 heterocycles. The van der Waals surface area contributed by atoms with Crippen LogP contribution in [0.3, 0.4) is 0 Å². The first-order valence-corrected chi connectivity index (χ1v) is 5.50. The van der Waals surface area contributed by atoms with Crippen molar-refractivity contribution in [1.29, 1.82) is 0 Å². The lowest BCUT2D eigenvalue weighted by molar-refractivity contribution is 0.341. The molecule has 0 saturated heterocycles. The molecule has 2 unspecified atom stereocenters. The minimum absolute atomic E-state index is 0.794. The molecule has 0 saturated carbocycles. The average Bonchev–Trinajstić information content (AvgIpc) is 1.87. The Hall–Kier alpha value is 0.430. The van der Waals surface area contributed by atoms with Crippen molar-refractivity contribution in [2.24, 2.45) is 11.8 Å². The fraction of sp³-hybridized carbons (Fsp3) is 1.00. The summed E-state index contributed by atoms with van der Waals surface area (Å²) in [6, 6.07) is 0. The van der Waals surface area contributed by atoms with E-state index in [-0.39, 0.29) is 0 Å². The molecule has 0 fully saturated rings. The molecular formula is C10H23P. The van der Waals surface area contributed by atoms with E-state index in [0.29, 0.717) is 0 Å². The van der Waals surface area contributed by atoms with Crippen molar-refractivity contribution in [3.63, 3.8) is 0 Å². The first-order chi connectivity index (χ1) is 5.07. The summed E-state index contributed by atoms with van der Waals surface area (Å²) in [5.41, 5.74) is 0.794. The Bertz CT molecular complexity index is 86.9. The van der Waals surface area contributed by atoms with Gasteiger partial charge in [-0.2, -0.15) is 0 Å². The fourth-order valence-electron chi connectivity index (χ4n) is 1.49. The molecule has 0 aliphatic rings. The molecule has 0 bridgehead atoms. The number of hydrogen-bond acceptors (Lipinski definition) is 0. The molecule has 0 aliphatic heterocycles. The van der Waals surface area contributed by atoms with Crippen molar-refractivity contribution in [2.45, 2.75) is 52.6 Å². The van der Waals surface area contributed by atoms with E-state index in [2.05, 4.69) is 36.9 Å². The Morgan fingerprint density at radius 2 is 1.64 bits per heavy atom. The number of hydrogen-bond donors (Lipinski definition) is 0. The van der Waals surface area contributed by atoms with Crippen LogP contribution in [0.1, 0.15) is 47.0 Å². The Morgan fingerprint density at radius 3 is 1.91 bits per heavy atom. The molecule has 0 aromatic heterocycles. The van der Waals surface area contributed by atoms with Crippen molar-refractivity contribution in [3.05, 3.63) is 0 Å². The zero-order valence-corrected chi connectivity index (χ0v) is 9.59. The van der Waals surface area contributed by atoms with Crippen LogP contribution in [0.5, 0.6) is 0 Å². The molecule has 68 valence electrons. The van der Waals surface area contributed by atoms with Gasteiger partial charge in [-0.05, 0) is 30.3 Å². The normalized spacial score (nSPS) is 16.9. The van der Waals surface area contributed by atoms with Crippen LogP contribution >= 0.6 is 9.24 Å². The Kier molecular flexibility index (Phi) is 6.24. The van der Waals surface area contributed by atoms with Gasteiger partial charge in [-0.1, -0.05) is 34.1 Å². The van der Waals surface area contributed by atoms with E-state index < -0.39 is 0 Å². The largest absolute Gasteiger partial charge is 0.135 e. The predicted molar refractivity (Wildman–Crippen MR) is 57.0 cm³/mol. The van der Waals surface area contributed by atoms with Gasteiger partial charge in [-0.15, -0.1) is 9.24 Å². The second-order valence-electron chi connectivity index (χ2n) is 3.97. The molecule has 3 atom stereocenters. The van der Waals surface area contributed by atoms with E-state index in [0.717, 1.165) is 17.5 Å². The molecule has 0 nitrogen and oxygen atoms in total. The van der Waals surface area contributed by atoms with Gasteiger partial charge in [0.15, 0.2) is 0 Å². The van der Waals surface area contributed by atoms with E-state index in [4.69, 9.17) is 0 Å². The highest BCUT2D eigenvalue weighted by Crippen LogP contribution is 2.22. The molecule has 0 rings (SSSR count). The van der Waals surface area contributed by atoms with Crippen LogP contribution in [0.25, 0.3) is 0 Å². The summed E-state index contributed by atoms with van der Waals surface area (Å²) in [7, 11) is 2.88. The Morgan fingerprint density at radius 1 is 1.09 bits per heavy atom. The van der Waals surface area contributed by atoms with Crippen LogP contribution in [0.2, 0.25) is 0 Å². The molecular weight excluding hydrogens is 151 g/mol. The maximum Gasteiger partial charge on any atom is -0.0293 e. The standard InChI is InChI=1S/C10H23P/c1-5-10(8(2)3)7-6-9(4)11/h8-10H,5-7,11H2,1-4H3/t9-,10?/m1/s1. The van der Waals surface area contributed by atoms with Gasteiger partial charge in [0.25, 0.3) is 0 Å². The van der Waals surface area contributed by atoms with Gasteiger partial charge in [-0.3, -0.25) is 0 Å². The van der Waals surface area contributed by atoms with E-state index in [9.17, 15) is 0 Å². The lowest BCUT2D eigenvalue weighted by Crippen LogP contribution is -2.08. The third kappa shape index (κ3) is 5.67. The minimum atomic E-state index is 0.794. The van der Waals surface area contributed by atoms with Crippen molar-refractivity contribution < 1.29 is 0 Å². The minimum Gasteiger partial charge on any atom is -0.135 e. The third-order valence-electron chi connectivity index (χ3n) is 2.46. The second-order valence-corrected chi connectivity index (χ2v) is 5.11. The third-order valence-corrected chi connectivity index (χ3v) is 2.79. The van der Waals surface area contributed by atoms with Gasteiger partial charge in [0.1, 0.15) is 0 Å². The zero-order chi connectivity index (χ0) is 8.85. The fourth-order valence-corrected chi connectivity index (χ4v) is 1.68. The van der Waals surface area contributed by atoms with Gasteiger partial charge in [-0.25, -0.2) is 0 Å². The highest BCUT2D eigenvalue weighted by molar-refractivity contribution is 7.17. The Labute approximate surface area is 74.4 Å². The van der Waals surface area contributed by atoms with Crippen molar-refractivity contribution in [2.75, 3.05) is 0 Å². The molecule has 0 aliphatic carbocycles. The highest BCUT2D eigenvalue weighted by Gasteiger charge is 2.10. The molecule has 0 amide bonds. The average molecular weight is 174 g/mol. The van der Waals surface area contributed by atoms with E-state index >= 15 is 0 Å². The first-order valence-electron chi connectivity index (χ1n) is 4.83. The van der Waals surface area contributed by atoms with Gasteiger partial charge in [0.2, 0.25) is 0 Å². The van der Waals surface area contributed by atoms with E-state index in [1.165, 1.54) is 19.3 Å². The summed E-state index contributed by atoms with van der Waals surface area (Å²) in [5, 5.41) is 0. The summed E-state index contributed by atoms with van der Waals surface area (Å²) < 4.78 is 0. The van der Waals surface area contributed by atoms with Crippen LogP contribution in [-0.4, -0.2) is 5.66 Å². The van der Waals surface area contributed by atoms with Crippen LogP contribution in [-0.2, 0) is 0 Å². The first kappa shape index (κ1) is 11.4. The summed E-state index contributed by atoms with van der Waals surface area (Å²) in [6.45, 7) is 9.25. The topological polar surface area (TPSA) is 0 Å².